The van der Waals surface area contributed by atoms with Crippen molar-refractivity contribution in [2.75, 3.05) is 17.7 Å². The van der Waals surface area contributed by atoms with Gasteiger partial charge in [-0.15, -0.1) is 0 Å². The first-order valence-corrected chi connectivity index (χ1v) is 8.66. The van der Waals surface area contributed by atoms with Crippen molar-refractivity contribution in [3.05, 3.63) is 41.1 Å². The summed E-state index contributed by atoms with van der Waals surface area (Å²) in [5.74, 6) is 1.64. The van der Waals surface area contributed by atoms with Gasteiger partial charge in [0, 0.05) is 29.4 Å². The highest BCUT2D eigenvalue weighted by Crippen LogP contribution is 2.24. The van der Waals surface area contributed by atoms with Gasteiger partial charge in [0.05, 0.1) is 6.10 Å². The van der Waals surface area contributed by atoms with E-state index in [1.807, 2.05) is 30.3 Å². The summed E-state index contributed by atoms with van der Waals surface area (Å²) < 4.78 is 6.45. The van der Waals surface area contributed by atoms with E-state index in [2.05, 4.69) is 36.5 Å². The second-order valence-corrected chi connectivity index (χ2v) is 6.69. The van der Waals surface area contributed by atoms with E-state index >= 15 is 0 Å². The summed E-state index contributed by atoms with van der Waals surface area (Å²) in [6.07, 6.45) is 6.41. The SMILES string of the molecule is COC1CCC(Nc2cc(Nc3cccc(Br)c3)ncn2)CC1. The first-order chi connectivity index (χ1) is 11.2. The van der Waals surface area contributed by atoms with Gasteiger partial charge in [0.25, 0.3) is 0 Å². The van der Waals surface area contributed by atoms with Crippen LogP contribution in [-0.4, -0.2) is 29.2 Å². The van der Waals surface area contributed by atoms with Crippen LogP contribution in [-0.2, 0) is 4.74 Å². The maximum Gasteiger partial charge on any atom is 0.135 e. The van der Waals surface area contributed by atoms with Crippen LogP contribution < -0.4 is 10.6 Å². The normalized spacial score (nSPS) is 21.0. The molecule has 0 radical (unpaired) electrons. The van der Waals surface area contributed by atoms with E-state index < -0.39 is 0 Å². The number of rotatable bonds is 5. The van der Waals surface area contributed by atoms with E-state index in [-0.39, 0.29) is 0 Å². The van der Waals surface area contributed by atoms with Crippen LogP contribution in [0.5, 0.6) is 0 Å². The zero-order valence-corrected chi connectivity index (χ0v) is 14.7. The lowest BCUT2D eigenvalue weighted by Gasteiger charge is -2.28. The molecule has 0 amide bonds. The summed E-state index contributed by atoms with van der Waals surface area (Å²) in [5.41, 5.74) is 0.990. The zero-order chi connectivity index (χ0) is 16.1. The average Bonchev–Trinajstić information content (AvgIpc) is 2.56. The molecular formula is C17H21BrN4O. The Morgan fingerprint density at radius 3 is 2.61 bits per heavy atom. The number of hydrogen-bond acceptors (Lipinski definition) is 5. The molecule has 1 saturated carbocycles. The lowest BCUT2D eigenvalue weighted by atomic mass is 9.93. The molecule has 1 heterocycles. The van der Waals surface area contributed by atoms with Gasteiger partial charge in [-0.05, 0) is 43.9 Å². The van der Waals surface area contributed by atoms with Crippen LogP contribution in [0.1, 0.15) is 25.7 Å². The molecule has 0 spiro atoms. The molecule has 0 bridgehead atoms. The summed E-state index contributed by atoms with van der Waals surface area (Å²) in [6.45, 7) is 0. The largest absolute Gasteiger partial charge is 0.381 e. The Bertz CT molecular complexity index is 644. The van der Waals surface area contributed by atoms with E-state index in [1.54, 1.807) is 13.4 Å². The predicted octanol–water partition coefficient (Wildman–Crippen LogP) is 4.35. The van der Waals surface area contributed by atoms with Crippen molar-refractivity contribution in [2.24, 2.45) is 0 Å². The molecule has 0 unspecified atom stereocenters. The molecular weight excluding hydrogens is 356 g/mol. The van der Waals surface area contributed by atoms with Crippen LogP contribution in [0.3, 0.4) is 0 Å². The van der Waals surface area contributed by atoms with Gasteiger partial charge in [-0.25, -0.2) is 9.97 Å². The minimum Gasteiger partial charge on any atom is -0.381 e. The fourth-order valence-electron chi connectivity index (χ4n) is 2.87. The molecule has 0 atom stereocenters. The Kier molecular flexibility index (Phi) is 5.46. The molecule has 5 nitrogen and oxygen atoms in total. The number of methoxy groups -OCH3 is 1. The fraction of sp³-hybridized carbons (Fsp3) is 0.412. The third-order valence-electron chi connectivity index (χ3n) is 4.12. The molecule has 2 aromatic rings. The summed E-state index contributed by atoms with van der Waals surface area (Å²) in [5, 5.41) is 6.80. The molecule has 2 N–H and O–H groups in total. The van der Waals surface area contributed by atoms with Crippen molar-refractivity contribution in [2.45, 2.75) is 37.8 Å². The first kappa shape index (κ1) is 16.2. The van der Waals surface area contributed by atoms with Crippen LogP contribution in [0, 0.1) is 0 Å². The molecule has 122 valence electrons. The summed E-state index contributed by atoms with van der Waals surface area (Å²) in [7, 11) is 1.79. The number of ether oxygens (including phenoxy) is 1. The Morgan fingerprint density at radius 2 is 1.87 bits per heavy atom. The smallest absolute Gasteiger partial charge is 0.135 e. The number of hydrogen-bond donors (Lipinski definition) is 2. The van der Waals surface area contributed by atoms with Gasteiger partial charge < -0.3 is 15.4 Å². The first-order valence-electron chi connectivity index (χ1n) is 7.87. The summed E-state index contributed by atoms with van der Waals surface area (Å²) >= 11 is 3.47. The number of nitrogens with zero attached hydrogens (tertiary/aromatic N) is 2. The van der Waals surface area contributed by atoms with Crippen molar-refractivity contribution < 1.29 is 4.74 Å². The van der Waals surface area contributed by atoms with E-state index in [4.69, 9.17) is 4.74 Å². The highest BCUT2D eigenvalue weighted by molar-refractivity contribution is 9.10. The topological polar surface area (TPSA) is 59.1 Å². The van der Waals surface area contributed by atoms with E-state index in [0.29, 0.717) is 12.1 Å². The number of halogens is 1. The van der Waals surface area contributed by atoms with Gasteiger partial charge in [-0.1, -0.05) is 22.0 Å². The van der Waals surface area contributed by atoms with Crippen molar-refractivity contribution in [1.82, 2.24) is 9.97 Å². The highest BCUT2D eigenvalue weighted by atomic mass is 79.9. The van der Waals surface area contributed by atoms with Gasteiger partial charge >= 0.3 is 0 Å². The van der Waals surface area contributed by atoms with Gasteiger partial charge in [-0.3, -0.25) is 0 Å². The molecule has 1 aromatic carbocycles. The van der Waals surface area contributed by atoms with Crippen molar-refractivity contribution >= 4 is 33.3 Å². The number of benzene rings is 1. The van der Waals surface area contributed by atoms with E-state index in [9.17, 15) is 0 Å². The van der Waals surface area contributed by atoms with Gasteiger partial charge in [-0.2, -0.15) is 0 Å². The maximum absolute atomic E-state index is 5.42. The molecule has 6 heteroatoms. The molecule has 0 aliphatic heterocycles. The van der Waals surface area contributed by atoms with Crippen molar-refractivity contribution in [3.63, 3.8) is 0 Å². The lowest BCUT2D eigenvalue weighted by Crippen LogP contribution is -2.29. The summed E-state index contributed by atoms with van der Waals surface area (Å²) in [4.78, 5) is 8.61. The van der Waals surface area contributed by atoms with Crippen LogP contribution in [0.2, 0.25) is 0 Å². The number of anilines is 3. The van der Waals surface area contributed by atoms with Crippen LogP contribution in [0.4, 0.5) is 17.3 Å². The van der Waals surface area contributed by atoms with E-state index in [0.717, 1.165) is 47.5 Å². The highest BCUT2D eigenvalue weighted by Gasteiger charge is 2.20. The van der Waals surface area contributed by atoms with Gasteiger partial charge in [0.15, 0.2) is 0 Å². The van der Waals surface area contributed by atoms with Crippen LogP contribution in [0.25, 0.3) is 0 Å². The Balaban J connectivity index is 1.61. The second kappa shape index (κ2) is 7.75. The van der Waals surface area contributed by atoms with Crippen LogP contribution >= 0.6 is 15.9 Å². The molecule has 1 fully saturated rings. The minimum absolute atomic E-state index is 0.409. The maximum atomic E-state index is 5.42. The predicted molar refractivity (Wildman–Crippen MR) is 96.1 cm³/mol. The molecule has 23 heavy (non-hydrogen) atoms. The third kappa shape index (κ3) is 4.65. The number of nitrogens with one attached hydrogen (secondary N) is 2. The van der Waals surface area contributed by atoms with Gasteiger partial charge in [0.1, 0.15) is 18.0 Å². The lowest BCUT2D eigenvalue weighted by molar-refractivity contribution is 0.0681. The Hall–Kier alpha value is -1.66. The van der Waals surface area contributed by atoms with Crippen molar-refractivity contribution in [3.8, 4) is 0 Å². The minimum atomic E-state index is 0.409. The fourth-order valence-corrected chi connectivity index (χ4v) is 3.27. The molecule has 1 aromatic heterocycles. The summed E-state index contributed by atoms with van der Waals surface area (Å²) in [6, 6.07) is 10.4. The zero-order valence-electron chi connectivity index (χ0n) is 13.1. The average molecular weight is 377 g/mol. The van der Waals surface area contributed by atoms with E-state index in [1.165, 1.54) is 0 Å². The van der Waals surface area contributed by atoms with Crippen molar-refractivity contribution in [1.29, 1.82) is 0 Å². The second-order valence-electron chi connectivity index (χ2n) is 5.78. The quantitative estimate of drug-likeness (QED) is 0.811. The van der Waals surface area contributed by atoms with Crippen LogP contribution in [0.15, 0.2) is 41.1 Å². The molecule has 1 aliphatic carbocycles. The molecule has 3 rings (SSSR count). The molecule has 0 saturated heterocycles. The standard InChI is InChI=1S/C17H21BrN4O/c1-23-15-7-5-13(6-8-15)21-16-10-17(20-11-19-16)22-14-4-2-3-12(18)9-14/h2-4,9-11,13,15H,5-8H2,1H3,(H2,19,20,21,22). The Labute approximate surface area is 145 Å². The molecule has 1 aliphatic rings. The Morgan fingerprint density at radius 1 is 1.09 bits per heavy atom. The monoisotopic (exact) mass is 376 g/mol. The third-order valence-corrected chi connectivity index (χ3v) is 4.62. The van der Waals surface area contributed by atoms with Gasteiger partial charge in [0.2, 0.25) is 0 Å². The number of aromatic nitrogens is 2.